The van der Waals surface area contributed by atoms with E-state index in [4.69, 9.17) is 4.74 Å². The summed E-state index contributed by atoms with van der Waals surface area (Å²) in [4.78, 5) is 0. The van der Waals surface area contributed by atoms with E-state index in [2.05, 4.69) is 47.8 Å². The number of benzene rings is 2. The van der Waals surface area contributed by atoms with E-state index in [0.29, 0.717) is 0 Å². The highest BCUT2D eigenvalue weighted by molar-refractivity contribution is 5.69. The predicted octanol–water partition coefficient (Wildman–Crippen LogP) is 3.79. The van der Waals surface area contributed by atoms with Crippen molar-refractivity contribution < 1.29 is 4.74 Å². The third kappa shape index (κ3) is 2.70. The van der Waals surface area contributed by atoms with Gasteiger partial charge in [-0.1, -0.05) is 30.3 Å². The third-order valence-corrected chi connectivity index (χ3v) is 3.68. The Kier molecular flexibility index (Phi) is 3.75. The Morgan fingerprint density at radius 3 is 2.60 bits per heavy atom. The van der Waals surface area contributed by atoms with Gasteiger partial charge in [-0.25, -0.2) is 0 Å². The second-order valence-electron chi connectivity index (χ2n) is 5.56. The van der Waals surface area contributed by atoms with Crippen LogP contribution in [0.25, 0.3) is 11.1 Å². The molecule has 0 saturated carbocycles. The Labute approximate surface area is 120 Å². The van der Waals surface area contributed by atoms with E-state index in [0.717, 1.165) is 25.3 Å². The van der Waals surface area contributed by atoms with Crippen LogP contribution in [0.2, 0.25) is 0 Å². The fourth-order valence-electron chi connectivity index (χ4n) is 2.77. The van der Waals surface area contributed by atoms with E-state index in [1.165, 1.54) is 22.3 Å². The Hall–Kier alpha value is -1.80. The first kappa shape index (κ1) is 13.2. The first-order valence-electron chi connectivity index (χ1n) is 7.32. The molecule has 0 aromatic heterocycles. The van der Waals surface area contributed by atoms with Crippen LogP contribution >= 0.6 is 0 Å². The van der Waals surface area contributed by atoms with Gasteiger partial charge in [0.15, 0.2) is 0 Å². The van der Waals surface area contributed by atoms with Gasteiger partial charge in [0.2, 0.25) is 0 Å². The summed E-state index contributed by atoms with van der Waals surface area (Å²) in [5, 5.41) is 3.46. The van der Waals surface area contributed by atoms with Crippen molar-refractivity contribution in [3.8, 4) is 16.9 Å². The van der Waals surface area contributed by atoms with Crippen molar-refractivity contribution in [3.63, 3.8) is 0 Å². The molecule has 3 rings (SSSR count). The van der Waals surface area contributed by atoms with E-state index in [9.17, 15) is 0 Å². The Morgan fingerprint density at radius 2 is 1.85 bits per heavy atom. The molecule has 1 aliphatic rings. The van der Waals surface area contributed by atoms with Crippen molar-refractivity contribution in [3.05, 3.63) is 53.6 Å². The molecule has 104 valence electrons. The summed E-state index contributed by atoms with van der Waals surface area (Å²) in [6, 6.07) is 15.1. The van der Waals surface area contributed by atoms with Gasteiger partial charge in [0.1, 0.15) is 5.75 Å². The standard InChI is InChI=1S/C18H21NO/c1-13(2)20-16-8-6-15(7-9-16)17-5-3-4-14-10-11-19-12-18(14)17/h3-9,13,19H,10-12H2,1-2H3. The van der Waals surface area contributed by atoms with Crippen LogP contribution in [0.4, 0.5) is 0 Å². The van der Waals surface area contributed by atoms with E-state index >= 15 is 0 Å². The van der Waals surface area contributed by atoms with Gasteiger partial charge in [0, 0.05) is 6.54 Å². The molecule has 0 radical (unpaired) electrons. The zero-order valence-electron chi connectivity index (χ0n) is 12.1. The van der Waals surface area contributed by atoms with E-state index in [-0.39, 0.29) is 6.10 Å². The lowest BCUT2D eigenvalue weighted by Crippen LogP contribution is -2.24. The maximum Gasteiger partial charge on any atom is 0.119 e. The number of fused-ring (bicyclic) bond motifs is 1. The number of hydrogen-bond donors (Lipinski definition) is 1. The SMILES string of the molecule is CC(C)Oc1ccc(-c2cccc3c2CNCC3)cc1. The molecule has 0 atom stereocenters. The van der Waals surface area contributed by atoms with Crippen molar-refractivity contribution in [2.75, 3.05) is 6.54 Å². The zero-order valence-corrected chi connectivity index (χ0v) is 12.1. The van der Waals surface area contributed by atoms with Crippen LogP contribution in [0, 0.1) is 0 Å². The molecule has 0 unspecified atom stereocenters. The van der Waals surface area contributed by atoms with Crippen LogP contribution in [-0.4, -0.2) is 12.6 Å². The first-order chi connectivity index (χ1) is 9.74. The minimum Gasteiger partial charge on any atom is -0.491 e. The molecule has 0 amide bonds. The molecular weight excluding hydrogens is 246 g/mol. The Bertz CT molecular complexity index is 587. The summed E-state index contributed by atoms with van der Waals surface area (Å²) in [5.41, 5.74) is 5.52. The molecule has 0 fully saturated rings. The molecule has 2 aromatic rings. The van der Waals surface area contributed by atoms with Crippen LogP contribution in [-0.2, 0) is 13.0 Å². The average Bonchev–Trinajstić information content (AvgIpc) is 2.47. The summed E-state index contributed by atoms with van der Waals surface area (Å²) in [6.45, 7) is 6.15. The molecule has 1 N–H and O–H groups in total. The predicted molar refractivity (Wildman–Crippen MR) is 83.1 cm³/mol. The van der Waals surface area contributed by atoms with Crippen LogP contribution < -0.4 is 10.1 Å². The lowest BCUT2D eigenvalue weighted by molar-refractivity contribution is 0.242. The summed E-state index contributed by atoms with van der Waals surface area (Å²) in [5.74, 6) is 0.937. The van der Waals surface area contributed by atoms with Gasteiger partial charge in [-0.05, 0) is 61.2 Å². The van der Waals surface area contributed by atoms with Crippen LogP contribution in [0.5, 0.6) is 5.75 Å². The highest BCUT2D eigenvalue weighted by Gasteiger charge is 2.13. The van der Waals surface area contributed by atoms with E-state index in [1.54, 1.807) is 0 Å². The van der Waals surface area contributed by atoms with Crippen molar-refractivity contribution in [1.29, 1.82) is 0 Å². The van der Waals surface area contributed by atoms with Crippen LogP contribution in [0.3, 0.4) is 0 Å². The quantitative estimate of drug-likeness (QED) is 0.913. The maximum absolute atomic E-state index is 5.71. The lowest BCUT2D eigenvalue weighted by Gasteiger charge is -2.20. The minimum absolute atomic E-state index is 0.217. The Balaban J connectivity index is 1.93. The fraction of sp³-hybridized carbons (Fsp3) is 0.333. The summed E-state index contributed by atoms with van der Waals surface area (Å²) in [7, 11) is 0. The van der Waals surface area contributed by atoms with Gasteiger partial charge < -0.3 is 10.1 Å². The summed E-state index contributed by atoms with van der Waals surface area (Å²) >= 11 is 0. The van der Waals surface area contributed by atoms with Crippen molar-refractivity contribution in [1.82, 2.24) is 5.32 Å². The van der Waals surface area contributed by atoms with Crippen molar-refractivity contribution in [2.24, 2.45) is 0 Å². The molecule has 0 spiro atoms. The average molecular weight is 267 g/mol. The van der Waals surface area contributed by atoms with Gasteiger partial charge in [-0.15, -0.1) is 0 Å². The molecule has 0 bridgehead atoms. The monoisotopic (exact) mass is 267 g/mol. The van der Waals surface area contributed by atoms with E-state index < -0.39 is 0 Å². The number of ether oxygens (including phenoxy) is 1. The molecule has 2 nitrogen and oxygen atoms in total. The number of rotatable bonds is 3. The zero-order chi connectivity index (χ0) is 13.9. The third-order valence-electron chi connectivity index (χ3n) is 3.68. The molecule has 20 heavy (non-hydrogen) atoms. The van der Waals surface area contributed by atoms with Gasteiger partial charge in [-0.3, -0.25) is 0 Å². The highest BCUT2D eigenvalue weighted by Crippen LogP contribution is 2.29. The molecule has 0 saturated heterocycles. The molecule has 2 heteroatoms. The lowest BCUT2D eigenvalue weighted by atomic mass is 9.92. The van der Waals surface area contributed by atoms with Crippen LogP contribution in [0.1, 0.15) is 25.0 Å². The smallest absolute Gasteiger partial charge is 0.119 e. The highest BCUT2D eigenvalue weighted by atomic mass is 16.5. The number of hydrogen-bond acceptors (Lipinski definition) is 2. The van der Waals surface area contributed by atoms with E-state index in [1.807, 2.05) is 13.8 Å². The minimum atomic E-state index is 0.217. The molecule has 1 heterocycles. The van der Waals surface area contributed by atoms with Crippen molar-refractivity contribution >= 4 is 0 Å². The number of nitrogens with one attached hydrogen (secondary N) is 1. The normalized spacial score (nSPS) is 14.2. The van der Waals surface area contributed by atoms with Gasteiger partial charge in [0.25, 0.3) is 0 Å². The van der Waals surface area contributed by atoms with Crippen LogP contribution in [0.15, 0.2) is 42.5 Å². The van der Waals surface area contributed by atoms with Gasteiger partial charge in [0.05, 0.1) is 6.10 Å². The second-order valence-corrected chi connectivity index (χ2v) is 5.56. The molecular formula is C18H21NO. The topological polar surface area (TPSA) is 21.3 Å². The Morgan fingerprint density at radius 1 is 1.05 bits per heavy atom. The van der Waals surface area contributed by atoms with Gasteiger partial charge >= 0.3 is 0 Å². The van der Waals surface area contributed by atoms with Crippen molar-refractivity contribution in [2.45, 2.75) is 32.9 Å². The van der Waals surface area contributed by atoms with Gasteiger partial charge in [-0.2, -0.15) is 0 Å². The molecule has 0 aliphatic carbocycles. The summed E-state index contributed by atoms with van der Waals surface area (Å²) < 4.78 is 5.71. The molecule has 2 aromatic carbocycles. The maximum atomic E-state index is 5.71. The summed E-state index contributed by atoms with van der Waals surface area (Å²) in [6.07, 6.45) is 1.34. The first-order valence-corrected chi connectivity index (χ1v) is 7.32. The molecule has 1 aliphatic heterocycles. The second kappa shape index (κ2) is 5.68. The largest absolute Gasteiger partial charge is 0.491 e. The fourth-order valence-corrected chi connectivity index (χ4v) is 2.77.